The second-order valence-electron chi connectivity index (χ2n) is 17.9. The summed E-state index contributed by atoms with van der Waals surface area (Å²) in [5, 5.41) is 0. The van der Waals surface area contributed by atoms with Crippen LogP contribution in [-0.4, -0.2) is 11.5 Å². The van der Waals surface area contributed by atoms with Crippen molar-refractivity contribution < 1.29 is 0 Å². The molecule has 0 aliphatic rings. The molecule has 0 aliphatic carbocycles. The van der Waals surface area contributed by atoms with Gasteiger partial charge in [-0.2, -0.15) is 0 Å². The summed E-state index contributed by atoms with van der Waals surface area (Å²) in [7, 11) is 0. The Morgan fingerprint density at radius 2 is 0.870 bits per heavy atom. The molecular formula is C44H62N2. The highest BCUT2D eigenvalue weighted by Crippen LogP contribution is 2.34. The van der Waals surface area contributed by atoms with Crippen LogP contribution >= 0.6 is 0 Å². The van der Waals surface area contributed by atoms with E-state index >= 15 is 0 Å². The molecule has 0 bridgehead atoms. The second kappa shape index (κ2) is 13.1. The van der Waals surface area contributed by atoms with Crippen molar-refractivity contribution >= 4 is 17.2 Å². The topological polar surface area (TPSA) is 24.7 Å². The number of rotatable bonds is 5. The summed E-state index contributed by atoms with van der Waals surface area (Å²) < 4.78 is 0. The van der Waals surface area contributed by atoms with Crippen LogP contribution in [0.15, 0.2) is 65.1 Å². The molecule has 0 radical (unpaired) electrons. The minimum absolute atomic E-state index is 0.00189. The van der Waals surface area contributed by atoms with Crippen molar-refractivity contribution in [1.82, 2.24) is 0 Å². The first-order valence-electron chi connectivity index (χ1n) is 17.1. The number of aliphatic imine (C=N–C) groups is 2. The highest BCUT2D eigenvalue weighted by atomic mass is 14.9. The van der Waals surface area contributed by atoms with Crippen molar-refractivity contribution in [2.24, 2.45) is 9.98 Å². The number of hydrogen-bond acceptors (Lipinski definition) is 1. The maximum absolute atomic E-state index is 5.33. The standard InChI is InChI=1S/C44H62N2/c1-27(2)39-28(3)19-32(20-29(39)4)30(5)45-40(34-23-37(43(13,14)15)26-38(24-34)44(16,17)18)46-31(6)33-21-35(41(7,8)9)25-36(22-33)42(10,11)12/h19-27H,6H2,1-5,7-18H3. The van der Waals surface area contributed by atoms with Crippen molar-refractivity contribution in [2.45, 2.75) is 145 Å². The zero-order chi connectivity index (χ0) is 35.2. The minimum atomic E-state index is -0.0273. The summed E-state index contributed by atoms with van der Waals surface area (Å²) in [5.41, 5.74) is 14.0. The molecule has 0 spiro atoms. The van der Waals surface area contributed by atoms with Crippen LogP contribution in [0.2, 0.25) is 0 Å². The Bertz CT molecular complexity index is 1580. The Balaban J connectivity index is 2.37. The zero-order valence-corrected chi connectivity index (χ0v) is 32.3. The van der Waals surface area contributed by atoms with Gasteiger partial charge in [0.1, 0.15) is 0 Å². The Morgan fingerprint density at radius 1 is 0.522 bits per heavy atom. The van der Waals surface area contributed by atoms with Crippen LogP contribution < -0.4 is 0 Å². The lowest BCUT2D eigenvalue weighted by Crippen LogP contribution is -2.18. The third-order valence-electron chi connectivity index (χ3n) is 9.02. The molecule has 3 rings (SSSR count). The van der Waals surface area contributed by atoms with Crippen molar-refractivity contribution in [3.8, 4) is 0 Å². The average Bonchev–Trinajstić information content (AvgIpc) is 2.89. The molecule has 0 unspecified atom stereocenters. The average molecular weight is 619 g/mol. The third kappa shape index (κ3) is 8.96. The van der Waals surface area contributed by atoms with Gasteiger partial charge in [0, 0.05) is 16.8 Å². The lowest BCUT2D eigenvalue weighted by atomic mass is 9.79. The van der Waals surface area contributed by atoms with Gasteiger partial charge in [-0.3, -0.25) is 0 Å². The van der Waals surface area contributed by atoms with E-state index in [9.17, 15) is 0 Å². The van der Waals surface area contributed by atoms with Crippen LogP contribution in [-0.2, 0) is 21.7 Å². The smallest absolute Gasteiger partial charge is 0.160 e. The van der Waals surface area contributed by atoms with Gasteiger partial charge in [-0.05, 0) is 129 Å². The van der Waals surface area contributed by atoms with Gasteiger partial charge >= 0.3 is 0 Å². The molecule has 3 aromatic carbocycles. The third-order valence-corrected chi connectivity index (χ3v) is 9.02. The summed E-state index contributed by atoms with van der Waals surface area (Å²) in [5.74, 6) is 1.17. The first-order chi connectivity index (χ1) is 20.8. The maximum atomic E-state index is 5.33. The molecule has 0 saturated heterocycles. The van der Waals surface area contributed by atoms with Crippen LogP contribution in [0.5, 0.6) is 0 Å². The Kier molecular flexibility index (Phi) is 10.6. The zero-order valence-electron chi connectivity index (χ0n) is 32.3. The Labute approximate surface area is 282 Å². The first-order valence-corrected chi connectivity index (χ1v) is 17.1. The number of benzene rings is 3. The summed E-state index contributed by atoms with van der Waals surface area (Å²) in [6, 6.07) is 18.3. The molecule has 0 saturated carbocycles. The summed E-state index contributed by atoms with van der Waals surface area (Å²) in [6.45, 7) is 42.9. The number of amidine groups is 1. The molecule has 0 atom stereocenters. The molecule has 0 N–H and O–H groups in total. The second-order valence-corrected chi connectivity index (χ2v) is 17.9. The van der Waals surface area contributed by atoms with E-state index in [-0.39, 0.29) is 21.7 Å². The van der Waals surface area contributed by atoms with E-state index in [2.05, 4.69) is 173 Å². The van der Waals surface area contributed by atoms with Gasteiger partial charge < -0.3 is 0 Å². The van der Waals surface area contributed by atoms with Gasteiger partial charge in [0.15, 0.2) is 5.84 Å². The van der Waals surface area contributed by atoms with Crippen LogP contribution in [0.3, 0.4) is 0 Å². The maximum Gasteiger partial charge on any atom is 0.160 e. The number of hydrogen-bond donors (Lipinski definition) is 0. The minimum Gasteiger partial charge on any atom is -0.233 e. The van der Waals surface area contributed by atoms with Gasteiger partial charge in [-0.15, -0.1) is 0 Å². The van der Waals surface area contributed by atoms with E-state index in [1.165, 1.54) is 38.9 Å². The fourth-order valence-electron chi connectivity index (χ4n) is 5.95. The molecule has 0 amide bonds. The molecule has 0 heterocycles. The highest BCUT2D eigenvalue weighted by Gasteiger charge is 2.24. The van der Waals surface area contributed by atoms with Crippen LogP contribution in [0, 0.1) is 13.8 Å². The summed E-state index contributed by atoms with van der Waals surface area (Å²) in [4.78, 5) is 10.6. The normalized spacial score (nSPS) is 13.9. The van der Waals surface area contributed by atoms with E-state index in [0.717, 1.165) is 28.1 Å². The number of nitrogens with zero attached hydrogens (tertiary/aromatic N) is 2. The lowest BCUT2D eigenvalue weighted by molar-refractivity contribution is 0.568. The van der Waals surface area contributed by atoms with Crippen molar-refractivity contribution in [3.63, 3.8) is 0 Å². The van der Waals surface area contributed by atoms with E-state index in [1.54, 1.807) is 0 Å². The fourth-order valence-corrected chi connectivity index (χ4v) is 5.95. The van der Waals surface area contributed by atoms with Crippen LogP contribution in [0.4, 0.5) is 0 Å². The molecule has 248 valence electrons. The van der Waals surface area contributed by atoms with E-state index in [0.29, 0.717) is 11.8 Å². The van der Waals surface area contributed by atoms with E-state index < -0.39 is 0 Å². The molecule has 3 aromatic rings. The van der Waals surface area contributed by atoms with Gasteiger partial charge in [-0.1, -0.05) is 116 Å². The Hall–Kier alpha value is -3.26. The molecule has 2 heteroatoms. The SMILES string of the molecule is C=C(N=C(N=C(C)c1cc(C)c(C(C)C)c(C)c1)c1cc(C(C)(C)C)cc(C(C)(C)C)c1)c1cc(C(C)(C)C)cc(C(C)(C)C)c1. The summed E-state index contributed by atoms with van der Waals surface area (Å²) in [6.07, 6.45) is 0. The molecule has 0 aliphatic heterocycles. The fraction of sp³-hybridized carbons (Fsp3) is 0.500. The van der Waals surface area contributed by atoms with Gasteiger partial charge in [0.25, 0.3) is 0 Å². The predicted molar refractivity (Wildman–Crippen MR) is 205 cm³/mol. The first kappa shape index (κ1) is 37.2. The Morgan fingerprint density at radius 3 is 1.20 bits per heavy atom. The van der Waals surface area contributed by atoms with E-state index in [1.807, 2.05) is 0 Å². The monoisotopic (exact) mass is 618 g/mol. The molecule has 46 heavy (non-hydrogen) atoms. The molecule has 0 aromatic heterocycles. The van der Waals surface area contributed by atoms with Gasteiger partial charge in [0.05, 0.1) is 5.70 Å². The number of aryl methyl sites for hydroxylation is 2. The highest BCUT2D eigenvalue weighted by molar-refractivity contribution is 6.13. The quantitative estimate of drug-likeness (QED) is 0.201. The predicted octanol–water partition coefficient (Wildman–Crippen LogP) is 12.5. The van der Waals surface area contributed by atoms with Crippen molar-refractivity contribution in [1.29, 1.82) is 0 Å². The molecular weight excluding hydrogens is 556 g/mol. The molecule has 0 fully saturated rings. The molecule has 2 nitrogen and oxygen atoms in total. The van der Waals surface area contributed by atoms with Crippen molar-refractivity contribution in [2.75, 3.05) is 0 Å². The van der Waals surface area contributed by atoms with Gasteiger partial charge in [0.2, 0.25) is 0 Å². The van der Waals surface area contributed by atoms with E-state index in [4.69, 9.17) is 9.98 Å². The largest absolute Gasteiger partial charge is 0.233 e. The van der Waals surface area contributed by atoms with Gasteiger partial charge in [-0.25, -0.2) is 9.98 Å². The summed E-state index contributed by atoms with van der Waals surface area (Å²) >= 11 is 0. The lowest BCUT2D eigenvalue weighted by Gasteiger charge is -2.27. The van der Waals surface area contributed by atoms with Crippen molar-refractivity contribution in [3.05, 3.63) is 111 Å². The van der Waals surface area contributed by atoms with Crippen LogP contribution in [0.25, 0.3) is 5.70 Å². The van der Waals surface area contributed by atoms with Crippen LogP contribution in [0.1, 0.15) is 165 Å².